The first kappa shape index (κ1) is 17.7. The summed E-state index contributed by atoms with van der Waals surface area (Å²) >= 11 is 1.64. The Morgan fingerprint density at radius 2 is 1.96 bits per heavy atom. The summed E-state index contributed by atoms with van der Waals surface area (Å²) in [6.07, 6.45) is 1.78. The third-order valence-corrected chi connectivity index (χ3v) is 5.31. The molecule has 1 N–H and O–H groups in total. The zero-order chi connectivity index (χ0) is 18.5. The molecule has 0 aliphatic carbocycles. The van der Waals surface area contributed by atoms with Crippen molar-refractivity contribution in [1.82, 2.24) is 10.3 Å². The van der Waals surface area contributed by atoms with Gasteiger partial charge in [0.2, 0.25) is 0 Å². The minimum absolute atomic E-state index is 0.0800. The van der Waals surface area contributed by atoms with Crippen molar-refractivity contribution in [3.05, 3.63) is 70.5 Å². The van der Waals surface area contributed by atoms with Gasteiger partial charge in [-0.05, 0) is 47.3 Å². The third kappa shape index (κ3) is 4.18. The number of anilines is 1. The van der Waals surface area contributed by atoms with E-state index < -0.39 is 0 Å². The number of rotatable bonds is 5. The van der Waals surface area contributed by atoms with Crippen molar-refractivity contribution in [2.75, 3.05) is 31.2 Å². The number of carbonyl (C=O) groups is 1. The normalized spacial score (nSPS) is 14.1. The fourth-order valence-corrected chi connectivity index (χ4v) is 3.80. The lowest BCUT2D eigenvalue weighted by Gasteiger charge is -2.28. The van der Waals surface area contributed by atoms with E-state index in [1.54, 1.807) is 17.5 Å². The topological polar surface area (TPSA) is 54.5 Å². The molecule has 2 aromatic heterocycles. The Morgan fingerprint density at radius 3 is 2.70 bits per heavy atom. The minimum Gasteiger partial charge on any atom is -0.378 e. The lowest BCUT2D eigenvalue weighted by Crippen LogP contribution is -2.36. The maximum Gasteiger partial charge on any atom is 0.251 e. The van der Waals surface area contributed by atoms with Gasteiger partial charge in [-0.2, -0.15) is 11.3 Å². The van der Waals surface area contributed by atoms with Crippen LogP contribution in [0.25, 0.3) is 11.3 Å². The number of ether oxygens (including phenoxy) is 1. The van der Waals surface area contributed by atoms with Gasteiger partial charge in [-0.15, -0.1) is 0 Å². The van der Waals surface area contributed by atoms with Crippen LogP contribution in [-0.2, 0) is 11.3 Å². The van der Waals surface area contributed by atoms with Crippen LogP contribution in [-0.4, -0.2) is 37.2 Å². The Labute approximate surface area is 162 Å². The van der Waals surface area contributed by atoms with Gasteiger partial charge in [0.05, 0.1) is 18.9 Å². The molecule has 0 saturated carbocycles. The summed E-state index contributed by atoms with van der Waals surface area (Å²) in [5.41, 5.74) is 4.80. The molecule has 3 aromatic rings. The number of thiophene rings is 1. The van der Waals surface area contributed by atoms with Crippen LogP contribution in [0.1, 0.15) is 15.9 Å². The van der Waals surface area contributed by atoms with Crippen LogP contribution in [0.2, 0.25) is 0 Å². The highest BCUT2D eigenvalue weighted by atomic mass is 32.1. The van der Waals surface area contributed by atoms with Gasteiger partial charge in [-0.25, -0.2) is 0 Å². The first-order valence-electron chi connectivity index (χ1n) is 8.99. The Bertz CT molecular complexity index is 888. The number of aromatic nitrogens is 1. The van der Waals surface area contributed by atoms with Gasteiger partial charge in [0.15, 0.2) is 0 Å². The van der Waals surface area contributed by atoms with Crippen molar-refractivity contribution in [2.45, 2.75) is 6.54 Å². The van der Waals surface area contributed by atoms with Crippen molar-refractivity contribution >= 4 is 22.9 Å². The molecule has 6 heteroatoms. The fourth-order valence-electron chi connectivity index (χ4n) is 3.16. The number of pyridine rings is 1. The average molecular weight is 379 g/mol. The summed E-state index contributed by atoms with van der Waals surface area (Å²) in [7, 11) is 0. The van der Waals surface area contributed by atoms with E-state index in [9.17, 15) is 4.79 Å². The van der Waals surface area contributed by atoms with Crippen molar-refractivity contribution < 1.29 is 9.53 Å². The zero-order valence-electron chi connectivity index (χ0n) is 14.9. The number of carbonyl (C=O) groups excluding carboxylic acids is 1. The minimum atomic E-state index is -0.0800. The van der Waals surface area contributed by atoms with E-state index in [1.807, 2.05) is 47.8 Å². The summed E-state index contributed by atoms with van der Waals surface area (Å²) in [6.45, 7) is 3.72. The van der Waals surface area contributed by atoms with E-state index in [-0.39, 0.29) is 5.91 Å². The second kappa shape index (κ2) is 8.33. The number of nitrogens with one attached hydrogen (secondary N) is 1. The molecule has 1 saturated heterocycles. The van der Waals surface area contributed by atoms with Gasteiger partial charge < -0.3 is 15.0 Å². The number of nitrogens with zero attached hydrogens (tertiary/aromatic N) is 2. The van der Waals surface area contributed by atoms with Crippen molar-refractivity contribution in [3.8, 4) is 11.3 Å². The quantitative estimate of drug-likeness (QED) is 0.736. The average Bonchev–Trinajstić information content (AvgIpc) is 3.28. The molecule has 0 atom stereocenters. The Balaban J connectivity index is 1.41. The predicted octanol–water partition coefficient (Wildman–Crippen LogP) is 3.58. The Morgan fingerprint density at radius 1 is 1.15 bits per heavy atom. The largest absolute Gasteiger partial charge is 0.378 e. The van der Waals surface area contributed by atoms with Crippen molar-refractivity contribution in [3.63, 3.8) is 0 Å². The number of hydrogen-bond donors (Lipinski definition) is 1. The van der Waals surface area contributed by atoms with Gasteiger partial charge in [0, 0.05) is 48.0 Å². The molecule has 27 heavy (non-hydrogen) atoms. The standard InChI is InChI=1S/C21H21N3O2S/c25-21(16-3-5-19(6-4-16)24-9-11-26-12-10-24)23-14-17-2-1-8-22-20(17)18-7-13-27-15-18/h1-8,13,15H,9-12,14H2,(H,23,25). The highest BCUT2D eigenvalue weighted by molar-refractivity contribution is 7.08. The van der Waals surface area contributed by atoms with E-state index in [0.717, 1.165) is 48.8 Å². The summed E-state index contributed by atoms with van der Waals surface area (Å²) < 4.78 is 5.38. The molecule has 0 unspecified atom stereocenters. The van der Waals surface area contributed by atoms with E-state index in [2.05, 4.69) is 20.6 Å². The monoisotopic (exact) mass is 379 g/mol. The zero-order valence-corrected chi connectivity index (χ0v) is 15.7. The lowest BCUT2D eigenvalue weighted by molar-refractivity contribution is 0.0951. The maximum atomic E-state index is 12.5. The molecule has 0 radical (unpaired) electrons. The van der Waals surface area contributed by atoms with Crippen LogP contribution >= 0.6 is 11.3 Å². The summed E-state index contributed by atoms with van der Waals surface area (Å²) in [5.74, 6) is -0.0800. The van der Waals surface area contributed by atoms with Gasteiger partial charge >= 0.3 is 0 Å². The SMILES string of the molecule is O=C(NCc1cccnc1-c1ccsc1)c1ccc(N2CCOCC2)cc1. The van der Waals surface area contributed by atoms with E-state index in [4.69, 9.17) is 4.74 Å². The molecule has 1 amide bonds. The lowest BCUT2D eigenvalue weighted by atomic mass is 10.1. The molecular weight excluding hydrogens is 358 g/mol. The summed E-state index contributed by atoms with van der Waals surface area (Å²) in [4.78, 5) is 19.3. The highest BCUT2D eigenvalue weighted by Crippen LogP contribution is 2.23. The smallest absolute Gasteiger partial charge is 0.251 e. The molecular formula is C21H21N3O2S. The van der Waals surface area contributed by atoms with Crippen molar-refractivity contribution in [1.29, 1.82) is 0 Å². The van der Waals surface area contributed by atoms with Crippen LogP contribution in [0.3, 0.4) is 0 Å². The molecule has 1 fully saturated rings. The Hall–Kier alpha value is -2.70. The van der Waals surface area contributed by atoms with Gasteiger partial charge in [0.1, 0.15) is 0 Å². The highest BCUT2D eigenvalue weighted by Gasteiger charge is 2.13. The second-order valence-corrected chi connectivity index (χ2v) is 7.13. The Kier molecular flexibility index (Phi) is 5.46. The number of amides is 1. The second-order valence-electron chi connectivity index (χ2n) is 6.35. The third-order valence-electron chi connectivity index (χ3n) is 4.63. The first-order valence-corrected chi connectivity index (χ1v) is 9.93. The van der Waals surface area contributed by atoms with Crippen LogP contribution in [0.15, 0.2) is 59.4 Å². The van der Waals surface area contributed by atoms with Gasteiger partial charge in [-0.3, -0.25) is 9.78 Å². The molecule has 138 valence electrons. The molecule has 4 rings (SSSR count). The number of benzene rings is 1. The predicted molar refractivity (Wildman–Crippen MR) is 108 cm³/mol. The number of morpholine rings is 1. The molecule has 0 spiro atoms. The maximum absolute atomic E-state index is 12.5. The summed E-state index contributed by atoms with van der Waals surface area (Å²) in [5, 5.41) is 7.11. The van der Waals surface area contributed by atoms with E-state index in [1.165, 1.54) is 0 Å². The number of hydrogen-bond acceptors (Lipinski definition) is 5. The van der Waals surface area contributed by atoms with Crippen LogP contribution in [0, 0.1) is 0 Å². The van der Waals surface area contributed by atoms with Crippen LogP contribution in [0.5, 0.6) is 0 Å². The van der Waals surface area contributed by atoms with Gasteiger partial charge in [0.25, 0.3) is 5.91 Å². The fraction of sp³-hybridized carbons (Fsp3) is 0.238. The van der Waals surface area contributed by atoms with Crippen LogP contribution < -0.4 is 10.2 Å². The van der Waals surface area contributed by atoms with E-state index in [0.29, 0.717) is 12.1 Å². The van der Waals surface area contributed by atoms with Crippen molar-refractivity contribution in [2.24, 2.45) is 0 Å². The summed E-state index contributed by atoms with van der Waals surface area (Å²) in [6, 6.07) is 13.7. The molecule has 1 aliphatic rings. The van der Waals surface area contributed by atoms with Gasteiger partial charge in [-0.1, -0.05) is 6.07 Å². The molecule has 0 bridgehead atoms. The van der Waals surface area contributed by atoms with E-state index >= 15 is 0 Å². The molecule has 5 nitrogen and oxygen atoms in total. The van der Waals surface area contributed by atoms with Crippen LogP contribution in [0.4, 0.5) is 5.69 Å². The molecule has 1 aromatic carbocycles. The molecule has 3 heterocycles. The molecule has 1 aliphatic heterocycles. The first-order chi connectivity index (χ1) is 13.3.